The third-order valence-corrected chi connectivity index (χ3v) is 4.98. The van der Waals surface area contributed by atoms with E-state index in [1.165, 1.54) is 25.7 Å². The van der Waals surface area contributed by atoms with E-state index in [4.69, 9.17) is 23.2 Å². The summed E-state index contributed by atoms with van der Waals surface area (Å²) in [5, 5.41) is 4.96. The Morgan fingerprint density at radius 2 is 1.94 bits per heavy atom. The molecule has 0 heterocycles. The molecule has 3 heteroatoms. The summed E-state index contributed by atoms with van der Waals surface area (Å²) in [5.74, 6) is 0. The lowest BCUT2D eigenvalue weighted by Gasteiger charge is -2.35. The Bertz CT molecular complexity index is 411. The Morgan fingerprint density at radius 3 is 2.56 bits per heavy atom. The highest BCUT2D eigenvalue weighted by Crippen LogP contribution is 2.49. The second-order valence-electron chi connectivity index (χ2n) is 5.49. The molecule has 0 bridgehead atoms. The first-order valence-corrected chi connectivity index (χ1v) is 7.51. The number of rotatable bonds is 4. The maximum Gasteiger partial charge on any atom is 0.0640 e. The normalized spacial score (nSPS) is 20.0. The van der Waals surface area contributed by atoms with Crippen LogP contribution >= 0.6 is 23.2 Å². The highest BCUT2D eigenvalue weighted by molar-refractivity contribution is 6.42. The molecule has 1 aliphatic carbocycles. The Morgan fingerprint density at radius 1 is 1.28 bits per heavy atom. The molecule has 0 aromatic heterocycles. The monoisotopic (exact) mass is 285 g/mol. The standard InChI is InChI=1S/C15H21Cl2N/c1-3-18-14(15(2)9-4-5-10-15)11-7-6-8-12(16)13(11)17/h6-8,14,18H,3-5,9-10H2,1-2H3. The minimum Gasteiger partial charge on any atom is -0.310 e. The van der Waals surface area contributed by atoms with Gasteiger partial charge in [-0.25, -0.2) is 0 Å². The van der Waals surface area contributed by atoms with Gasteiger partial charge in [0.15, 0.2) is 0 Å². The van der Waals surface area contributed by atoms with Gasteiger partial charge in [-0.2, -0.15) is 0 Å². The molecule has 1 fully saturated rings. The predicted molar refractivity (Wildman–Crippen MR) is 79.5 cm³/mol. The van der Waals surface area contributed by atoms with E-state index in [0.717, 1.165) is 12.1 Å². The quantitative estimate of drug-likeness (QED) is 0.799. The van der Waals surface area contributed by atoms with Gasteiger partial charge in [0.1, 0.15) is 0 Å². The van der Waals surface area contributed by atoms with Gasteiger partial charge in [-0.1, -0.05) is 62.0 Å². The fourth-order valence-electron chi connectivity index (χ4n) is 3.15. The van der Waals surface area contributed by atoms with Crippen LogP contribution in [-0.2, 0) is 0 Å². The van der Waals surface area contributed by atoms with Crippen molar-refractivity contribution in [2.45, 2.75) is 45.6 Å². The highest BCUT2D eigenvalue weighted by atomic mass is 35.5. The molecule has 18 heavy (non-hydrogen) atoms. The van der Waals surface area contributed by atoms with Crippen LogP contribution in [0.1, 0.15) is 51.1 Å². The Balaban J connectivity index is 2.38. The molecule has 2 rings (SSSR count). The van der Waals surface area contributed by atoms with Crippen molar-refractivity contribution in [3.05, 3.63) is 33.8 Å². The SMILES string of the molecule is CCNC(c1cccc(Cl)c1Cl)C1(C)CCCC1. The van der Waals surface area contributed by atoms with Gasteiger partial charge in [-0.3, -0.25) is 0 Å². The van der Waals surface area contributed by atoms with Crippen molar-refractivity contribution in [3.63, 3.8) is 0 Å². The third kappa shape index (κ3) is 2.68. The summed E-state index contributed by atoms with van der Waals surface area (Å²) in [6.07, 6.45) is 5.15. The summed E-state index contributed by atoms with van der Waals surface area (Å²) in [7, 11) is 0. The smallest absolute Gasteiger partial charge is 0.0640 e. The second-order valence-corrected chi connectivity index (χ2v) is 6.28. The van der Waals surface area contributed by atoms with Gasteiger partial charge in [0.25, 0.3) is 0 Å². The summed E-state index contributed by atoms with van der Waals surface area (Å²) < 4.78 is 0. The second kappa shape index (κ2) is 5.81. The largest absolute Gasteiger partial charge is 0.310 e. The van der Waals surface area contributed by atoms with Crippen molar-refractivity contribution >= 4 is 23.2 Å². The molecule has 0 aliphatic heterocycles. The van der Waals surface area contributed by atoms with Gasteiger partial charge < -0.3 is 5.32 Å². The lowest BCUT2D eigenvalue weighted by atomic mass is 9.77. The van der Waals surface area contributed by atoms with Crippen LogP contribution < -0.4 is 5.32 Å². The Kier molecular flexibility index (Phi) is 4.58. The topological polar surface area (TPSA) is 12.0 Å². The fourth-order valence-corrected chi connectivity index (χ4v) is 3.57. The van der Waals surface area contributed by atoms with Crippen LogP contribution in [0.25, 0.3) is 0 Å². The van der Waals surface area contributed by atoms with Crippen LogP contribution in [0.3, 0.4) is 0 Å². The van der Waals surface area contributed by atoms with Gasteiger partial charge in [0.2, 0.25) is 0 Å². The molecule has 1 atom stereocenters. The van der Waals surface area contributed by atoms with Crippen LogP contribution in [-0.4, -0.2) is 6.54 Å². The molecule has 0 amide bonds. The van der Waals surface area contributed by atoms with Crippen LogP contribution in [0.15, 0.2) is 18.2 Å². The number of halogens is 2. The summed E-state index contributed by atoms with van der Waals surface area (Å²) >= 11 is 12.5. The first-order valence-electron chi connectivity index (χ1n) is 6.76. The molecule has 1 nitrogen and oxygen atoms in total. The summed E-state index contributed by atoms with van der Waals surface area (Å²) in [5.41, 5.74) is 1.44. The number of hydrogen-bond acceptors (Lipinski definition) is 1. The van der Waals surface area contributed by atoms with Gasteiger partial charge >= 0.3 is 0 Å². The van der Waals surface area contributed by atoms with Crippen molar-refractivity contribution in [2.24, 2.45) is 5.41 Å². The van der Waals surface area contributed by atoms with E-state index < -0.39 is 0 Å². The van der Waals surface area contributed by atoms with Crippen LogP contribution in [0, 0.1) is 5.41 Å². The van der Waals surface area contributed by atoms with E-state index in [0.29, 0.717) is 21.5 Å². The zero-order chi connectivity index (χ0) is 13.2. The number of benzene rings is 1. The summed E-state index contributed by atoms with van der Waals surface area (Å²) in [6.45, 7) is 5.46. The lowest BCUT2D eigenvalue weighted by molar-refractivity contribution is 0.226. The van der Waals surface area contributed by atoms with Gasteiger partial charge in [-0.15, -0.1) is 0 Å². The van der Waals surface area contributed by atoms with E-state index in [1.807, 2.05) is 12.1 Å². The van der Waals surface area contributed by atoms with Gasteiger partial charge in [-0.05, 0) is 36.4 Å². The average Bonchev–Trinajstić information content (AvgIpc) is 2.78. The van der Waals surface area contributed by atoms with Crippen LogP contribution in [0.2, 0.25) is 10.0 Å². The number of hydrogen-bond donors (Lipinski definition) is 1. The van der Waals surface area contributed by atoms with Gasteiger partial charge in [0, 0.05) is 6.04 Å². The molecule has 1 aromatic rings. The third-order valence-electron chi connectivity index (χ3n) is 4.14. The minimum atomic E-state index is 0.296. The minimum absolute atomic E-state index is 0.296. The Labute approximate surface area is 120 Å². The van der Waals surface area contributed by atoms with E-state index in [-0.39, 0.29) is 0 Å². The molecule has 1 N–H and O–H groups in total. The van der Waals surface area contributed by atoms with Crippen molar-refractivity contribution < 1.29 is 0 Å². The molecular weight excluding hydrogens is 265 g/mol. The molecular formula is C15H21Cl2N. The Hall–Kier alpha value is -0.240. The zero-order valence-corrected chi connectivity index (χ0v) is 12.6. The average molecular weight is 286 g/mol. The molecule has 0 saturated heterocycles. The first kappa shape index (κ1) is 14.2. The van der Waals surface area contributed by atoms with E-state index in [2.05, 4.69) is 25.2 Å². The molecule has 1 aliphatic rings. The van der Waals surface area contributed by atoms with Crippen molar-refractivity contribution in [1.82, 2.24) is 5.32 Å². The maximum absolute atomic E-state index is 6.39. The molecule has 0 spiro atoms. The van der Waals surface area contributed by atoms with E-state index in [1.54, 1.807) is 0 Å². The summed E-state index contributed by atoms with van der Waals surface area (Å²) in [6, 6.07) is 6.25. The van der Waals surface area contributed by atoms with E-state index in [9.17, 15) is 0 Å². The highest BCUT2D eigenvalue weighted by Gasteiger charge is 2.38. The molecule has 1 unspecified atom stereocenters. The van der Waals surface area contributed by atoms with Crippen LogP contribution in [0.5, 0.6) is 0 Å². The van der Waals surface area contributed by atoms with E-state index >= 15 is 0 Å². The maximum atomic E-state index is 6.39. The predicted octanol–water partition coefficient (Wildman–Crippen LogP) is 5.22. The van der Waals surface area contributed by atoms with Crippen molar-refractivity contribution in [2.75, 3.05) is 6.54 Å². The number of nitrogens with one attached hydrogen (secondary N) is 1. The van der Waals surface area contributed by atoms with Crippen molar-refractivity contribution in [1.29, 1.82) is 0 Å². The molecule has 1 aromatic carbocycles. The summed E-state index contributed by atoms with van der Waals surface area (Å²) in [4.78, 5) is 0. The van der Waals surface area contributed by atoms with Crippen molar-refractivity contribution in [3.8, 4) is 0 Å². The molecule has 1 saturated carbocycles. The van der Waals surface area contributed by atoms with Gasteiger partial charge in [0.05, 0.1) is 10.0 Å². The lowest BCUT2D eigenvalue weighted by Crippen LogP contribution is -2.34. The zero-order valence-electron chi connectivity index (χ0n) is 11.1. The van der Waals surface area contributed by atoms with Crippen LogP contribution in [0.4, 0.5) is 0 Å². The molecule has 0 radical (unpaired) electrons. The molecule has 100 valence electrons. The fraction of sp³-hybridized carbons (Fsp3) is 0.600. The first-order chi connectivity index (χ1) is 8.58.